The minimum absolute atomic E-state index is 0.469. The molecule has 1 aromatic rings. The first-order chi connectivity index (χ1) is 8.06. The summed E-state index contributed by atoms with van der Waals surface area (Å²) in [5.74, 6) is 1.57. The molecule has 1 atom stereocenters. The molecule has 0 radical (unpaired) electrons. The van der Waals surface area contributed by atoms with E-state index in [4.69, 9.17) is 9.47 Å². The van der Waals surface area contributed by atoms with Gasteiger partial charge in [-0.25, -0.2) is 0 Å². The molecule has 1 aliphatic carbocycles. The Kier molecular flexibility index (Phi) is 3.29. The monoisotopic (exact) mass is 235 g/mol. The minimum Gasteiger partial charge on any atom is -0.493 e. The van der Waals surface area contributed by atoms with Gasteiger partial charge in [-0.2, -0.15) is 0 Å². The topological polar surface area (TPSA) is 30.5 Å². The van der Waals surface area contributed by atoms with Gasteiger partial charge in [-0.15, -0.1) is 0 Å². The molecule has 2 rings (SSSR count). The van der Waals surface area contributed by atoms with Crippen molar-refractivity contribution in [3.8, 4) is 11.5 Å². The summed E-state index contributed by atoms with van der Waals surface area (Å²) in [6.07, 6.45) is 1.26. The van der Waals surface area contributed by atoms with E-state index in [-0.39, 0.29) is 0 Å². The van der Waals surface area contributed by atoms with Gasteiger partial charge < -0.3 is 14.8 Å². The van der Waals surface area contributed by atoms with Crippen molar-refractivity contribution in [3.63, 3.8) is 0 Å². The van der Waals surface area contributed by atoms with Crippen LogP contribution in [0.3, 0.4) is 0 Å². The molecule has 1 aromatic carbocycles. The van der Waals surface area contributed by atoms with Crippen LogP contribution in [-0.4, -0.2) is 20.3 Å². The molecule has 0 spiro atoms. The minimum atomic E-state index is 0.469. The van der Waals surface area contributed by atoms with Crippen LogP contribution in [0.4, 0.5) is 0 Å². The Bertz CT molecular complexity index is 401. The van der Waals surface area contributed by atoms with Gasteiger partial charge in [0.2, 0.25) is 0 Å². The zero-order chi connectivity index (χ0) is 12.5. The SMILES string of the molecule is COc1ccc(CNC2CC2(C)C)cc1OC. The van der Waals surface area contributed by atoms with Gasteiger partial charge in [-0.3, -0.25) is 0 Å². The van der Waals surface area contributed by atoms with E-state index < -0.39 is 0 Å². The van der Waals surface area contributed by atoms with Crippen molar-refractivity contribution >= 4 is 0 Å². The Hall–Kier alpha value is -1.22. The van der Waals surface area contributed by atoms with Gasteiger partial charge in [0.05, 0.1) is 14.2 Å². The fourth-order valence-electron chi connectivity index (χ4n) is 2.05. The van der Waals surface area contributed by atoms with Crippen molar-refractivity contribution in [2.75, 3.05) is 14.2 Å². The second-order valence-corrected chi connectivity index (χ2v) is 5.32. The lowest BCUT2D eigenvalue weighted by atomic mass is 10.1. The van der Waals surface area contributed by atoms with E-state index in [9.17, 15) is 0 Å². The van der Waals surface area contributed by atoms with Gasteiger partial charge in [0.1, 0.15) is 0 Å². The molecular weight excluding hydrogens is 214 g/mol. The van der Waals surface area contributed by atoms with Crippen LogP contribution >= 0.6 is 0 Å². The van der Waals surface area contributed by atoms with Crippen molar-refractivity contribution in [1.29, 1.82) is 0 Å². The van der Waals surface area contributed by atoms with Crippen molar-refractivity contribution in [2.45, 2.75) is 32.9 Å². The lowest BCUT2D eigenvalue weighted by Crippen LogP contribution is -2.19. The average Bonchev–Trinajstić information content (AvgIpc) is 2.94. The molecule has 1 fully saturated rings. The average molecular weight is 235 g/mol. The first-order valence-electron chi connectivity index (χ1n) is 6.01. The number of methoxy groups -OCH3 is 2. The number of hydrogen-bond acceptors (Lipinski definition) is 3. The van der Waals surface area contributed by atoms with E-state index in [1.54, 1.807) is 14.2 Å². The van der Waals surface area contributed by atoms with E-state index in [2.05, 4.69) is 25.2 Å². The summed E-state index contributed by atoms with van der Waals surface area (Å²) < 4.78 is 10.5. The summed E-state index contributed by atoms with van der Waals surface area (Å²) in [7, 11) is 3.32. The van der Waals surface area contributed by atoms with Crippen LogP contribution in [0.5, 0.6) is 11.5 Å². The number of hydrogen-bond donors (Lipinski definition) is 1. The Morgan fingerprint density at radius 1 is 1.24 bits per heavy atom. The van der Waals surface area contributed by atoms with Crippen LogP contribution in [-0.2, 0) is 6.54 Å². The highest BCUT2D eigenvalue weighted by Gasteiger charge is 2.44. The van der Waals surface area contributed by atoms with Gasteiger partial charge in [-0.05, 0) is 29.5 Å². The van der Waals surface area contributed by atoms with Gasteiger partial charge in [0, 0.05) is 12.6 Å². The van der Waals surface area contributed by atoms with E-state index >= 15 is 0 Å². The Labute approximate surface area is 103 Å². The zero-order valence-electron chi connectivity index (χ0n) is 11.0. The summed E-state index contributed by atoms with van der Waals surface area (Å²) in [4.78, 5) is 0. The third-order valence-corrected chi connectivity index (χ3v) is 3.51. The van der Waals surface area contributed by atoms with Crippen LogP contribution in [0.2, 0.25) is 0 Å². The quantitative estimate of drug-likeness (QED) is 0.851. The van der Waals surface area contributed by atoms with E-state index in [1.165, 1.54) is 12.0 Å². The second kappa shape index (κ2) is 4.57. The second-order valence-electron chi connectivity index (χ2n) is 5.32. The molecule has 1 unspecified atom stereocenters. The van der Waals surface area contributed by atoms with Gasteiger partial charge in [0.15, 0.2) is 11.5 Å². The van der Waals surface area contributed by atoms with Gasteiger partial charge in [-0.1, -0.05) is 19.9 Å². The molecule has 0 amide bonds. The molecule has 0 bridgehead atoms. The Morgan fingerprint density at radius 3 is 2.41 bits per heavy atom. The molecule has 1 saturated carbocycles. The highest BCUT2D eigenvalue weighted by molar-refractivity contribution is 5.42. The third-order valence-electron chi connectivity index (χ3n) is 3.51. The summed E-state index contributed by atoms with van der Waals surface area (Å²) in [6, 6.07) is 6.70. The summed E-state index contributed by atoms with van der Waals surface area (Å²) in [5.41, 5.74) is 1.70. The fraction of sp³-hybridized carbons (Fsp3) is 0.571. The lowest BCUT2D eigenvalue weighted by Gasteiger charge is -2.11. The number of benzene rings is 1. The van der Waals surface area contributed by atoms with E-state index in [0.717, 1.165) is 18.0 Å². The number of ether oxygens (including phenoxy) is 2. The van der Waals surface area contributed by atoms with Gasteiger partial charge >= 0.3 is 0 Å². The smallest absolute Gasteiger partial charge is 0.161 e. The maximum absolute atomic E-state index is 5.29. The summed E-state index contributed by atoms with van der Waals surface area (Å²) in [5, 5.41) is 3.56. The van der Waals surface area contributed by atoms with Crippen LogP contribution in [0.25, 0.3) is 0 Å². The summed E-state index contributed by atoms with van der Waals surface area (Å²) in [6.45, 7) is 5.47. The van der Waals surface area contributed by atoms with Crippen LogP contribution in [0, 0.1) is 5.41 Å². The van der Waals surface area contributed by atoms with Gasteiger partial charge in [0.25, 0.3) is 0 Å². The van der Waals surface area contributed by atoms with Crippen molar-refractivity contribution in [1.82, 2.24) is 5.32 Å². The molecule has 1 aliphatic rings. The Balaban J connectivity index is 1.97. The molecule has 0 saturated heterocycles. The van der Waals surface area contributed by atoms with Crippen molar-refractivity contribution in [2.24, 2.45) is 5.41 Å². The zero-order valence-corrected chi connectivity index (χ0v) is 11.0. The standard InChI is InChI=1S/C14H21NO2/c1-14(2)8-13(14)15-9-10-5-6-11(16-3)12(7-10)17-4/h5-7,13,15H,8-9H2,1-4H3. The molecule has 0 aromatic heterocycles. The predicted molar refractivity (Wildman–Crippen MR) is 68.6 cm³/mol. The highest BCUT2D eigenvalue weighted by atomic mass is 16.5. The molecule has 0 aliphatic heterocycles. The van der Waals surface area contributed by atoms with Crippen LogP contribution in [0.15, 0.2) is 18.2 Å². The van der Waals surface area contributed by atoms with E-state index in [1.807, 2.05) is 12.1 Å². The molecular formula is C14H21NO2. The maximum atomic E-state index is 5.29. The predicted octanol–water partition coefficient (Wildman–Crippen LogP) is 2.59. The summed E-state index contributed by atoms with van der Waals surface area (Å²) >= 11 is 0. The third kappa shape index (κ3) is 2.72. The number of rotatable bonds is 5. The molecule has 94 valence electrons. The van der Waals surface area contributed by atoms with Crippen molar-refractivity contribution < 1.29 is 9.47 Å². The van der Waals surface area contributed by atoms with Crippen molar-refractivity contribution in [3.05, 3.63) is 23.8 Å². The molecule has 3 nitrogen and oxygen atoms in total. The first-order valence-corrected chi connectivity index (χ1v) is 6.01. The molecule has 1 N–H and O–H groups in total. The number of nitrogens with one attached hydrogen (secondary N) is 1. The molecule has 0 heterocycles. The molecule has 17 heavy (non-hydrogen) atoms. The highest BCUT2D eigenvalue weighted by Crippen LogP contribution is 2.44. The largest absolute Gasteiger partial charge is 0.493 e. The van der Waals surface area contributed by atoms with Crippen LogP contribution in [0.1, 0.15) is 25.8 Å². The lowest BCUT2D eigenvalue weighted by molar-refractivity contribution is 0.354. The molecule has 3 heteroatoms. The van der Waals surface area contributed by atoms with Crippen LogP contribution < -0.4 is 14.8 Å². The van der Waals surface area contributed by atoms with E-state index in [0.29, 0.717) is 11.5 Å². The normalized spacial score (nSPS) is 21.1. The first kappa shape index (κ1) is 12.2. The maximum Gasteiger partial charge on any atom is 0.161 e. The Morgan fingerprint density at radius 2 is 1.88 bits per heavy atom. The fourth-order valence-corrected chi connectivity index (χ4v) is 2.05.